The summed E-state index contributed by atoms with van der Waals surface area (Å²) in [6.45, 7) is 4.35. The van der Waals surface area contributed by atoms with Gasteiger partial charge in [-0.3, -0.25) is 0 Å². The summed E-state index contributed by atoms with van der Waals surface area (Å²) in [4.78, 5) is 7.47. The predicted octanol–water partition coefficient (Wildman–Crippen LogP) is -0.143. The maximum atomic E-state index is 12.3. The van der Waals surface area contributed by atoms with Gasteiger partial charge >= 0.3 is 0 Å². The smallest absolute Gasteiger partial charge is 0.246 e. The highest BCUT2D eigenvalue weighted by Crippen LogP contribution is 2.20. The highest BCUT2D eigenvalue weighted by Gasteiger charge is 2.32. The van der Waals surface area contributed by atoms with Gasteiger partial charge in [-0.15, -0.1) is 0 Å². The highest BCUT2D eigenvalue weighted by atomic mass is 32.2. The second kappa shape index (κ2) is 4.79. The van der Waals surface area contributed by atoms with E-state index in [1.807, 2.05) is 13.8 Å². The Morgan fingerprint density at radius 3 is 2.28 bits per heavy atom. The van der Waals surface area contributed by atoms with Crippen LogP contribution >= 0.6 is 0 Å². The minimum Gasteiger partial charge on any atom is -0.373 e. The molecule has 0 radical (unpaired) electrons. The van der Waals surface area contributed by atoms with Gasteiger partial charge in [0.1, 0.15) is 4.90 Å². The molecule has 0 spiro atoms. The number of nitrogen functional groups attached to an aromatic ring is 1. The molecule has 100 valence electrons. The average molecular weight is 272 g/mol. The molecule has 1 aliphatic heterocycles. The number of hydrogen-bond acceptors (Lipinski definition) is 6. The number of nitrogens with two attached hydrogens (primary N) is 1. The van der Waals surface area contributed by atoms with Crippen LogP contribution < -0.4 is 5.73 Å². The first-order valence-corrected chi connectivity index (χ1v) is 7.06. The first kappa shape index (κ1) is 13.2. The Morgan fingerprint density at radius 2 is 1.78 bits per heavy atom. The van der Waals surface area contributed by atoms with Crippen LogP contribution in [-0.2, 0) is 14.8 Å². The van der Waals surface area contributed by atoms with Crippen molar-refractivity contribution in [2.75, 3.05) is 18.8 Å². The molecular weight excluding hydrogens is 256 g/mol. The first-order valence-electron chi connectivity index (χ1n) is 5.62. The van der Waals surface area contributed by atoms with Crippen LogP contribution in [-0.4, -0.2) is 48.0 Å². The molecule has 7 nitrogen and oxygen atoms in total. The summed E-state index contributed by atoms with van der Waals surface area (Å²) in [7, 11) is -3.57. The lowest BCUT2D eigenvalue weighted by molar-refractivity contribution is -0.0440. The Labute approximate surface area is 106 Å². The molecule has 1 aliphatic rings. The lowest BCUT2D eigenvalue weighted by Gasteiger charge is -2.34. The van der Waals surface area contributed by atoms with Crippen molar-refractivity contribution >= 4 is 16.0 Å². The lowest BCUT2D eigenvalue weighted by atomic mass is 10.3. The number of anilines is 1. The van der Waals surface area contributed by atoms with Gasteiger partial charge in [0.2, 0.25) is 16.0 Å². The van der Waals surface area contributed by atoms with Gasteiger partial charge in [-0.05, 0) is 13.8 Å². The molecular formula is C10H16N4O3S. The molecule has 18 heavy (non-hydrogen) atoms. The number of rotatable bonds is 2. The molecule has 0 amide bonds. The van der Waals surface area contributed by atoms with Crippen molar-refractivity contribution in [3.8, 4) is 0 Å². The summed E-state index contributed by atoms with van der Waals surface area (Å²) < 4.78 is 31.6. The Balaban J connectivity index is 2.28. The predicted molar refractivity (Wildman–Crippen MR) is 65.2 cm³/mol. The molecule has 1 saturated heterocycles. The minimum absolute atomic E-state index is 0.0534. The van der Waals surface area contributed by atoms with Crippen molar-refractivity contribution in [2.24, 2.45) is 0 Å². The zero-order valence-electron chi connectivity index (χ0n) is 10.3. The Hall–Kier alpha value is -1.25. The molecule has 2 heterocycles. The number of aromatic nitrogens is 2. The molecule has 0 aromatic carbocycles. The maximum Gasteiger partial charge on any atom is 0.246 e. The van der Waals surface area contributed by atoms with Gasteiger partial charge in [0.15, 0.2) is 0 Å². The second-order valence-electron chi connectivity index (χ2n) is 4.36. The average Bonchev–Trinajstić information content (AvgIpc) is 2.28. The van der Waals surface area contributed by atoms with Crippen molar-refractivity contribution in [1.82, 2.24) is 14.3 Å². The van der Waals surface area contributed by atoms with E-state index in [2.05, 4.69) is 9.97 Å². The van der Waals surface area contributed by atoms with E-state index in [1.165, 1.54) is 16.7 Å². The number of sulfonamides is 1. The van der Waals surface area contributed by atoms with Gasteiger partial charge in [-0.2, -0.15) is 4.31 Å². The van der Waals surface area contributed by atoms with Crippen LogP contribution in [0.3, 0.4) is 0 Å². The van der Waals surface area contributed by atoms with Crippen molar-refractivity contribution in [3.05, 3.63) is 12.4 Å². The second-order valence-corrected chi connectivity index (χ2v) is 6.29. The van der Waals surface area contributed by atoms with E-state index in [1.54, 1.807) is 0 Å². The van der Waals surface area contributed by atoms with Crippen LogP contribution in [0.25, 0.3) is 0 Å². The maximum absolute atomic E-state index is 12.3. The zero-order chi connectivity index (χ0) is 13.3. The van der Waals surface area contributed by atoms with E-state index in [0.29, 0.717) is 13.1 Å². The van der Waals surface area contributed by atoms with Gasteiger partial charge in [0.25, 0.3) is 0 Å². The standard InChI is InChI=1S/C10H16N4O3S/c1-7-5-14(6-8(2)17-7)18(15,16)9-3-12-10(11)13-4-9/h3-4,7-8H,5-6H2,1-2H3,(H2,11,12,13)/t7-,8+. The summed E-state index contributed by atoms with van der Waals surface area (Å²) >= 11 is 0. The van der Waals surface area contributed by atoms with Crippen molar-refractivity contribution in [2.45, 2.75) is 31.0 Å². The Kier molecular flexibility index (Phi) is 3.51. The summed E-state index contributed by atoms with van der Waals surface area (Å²) in [6, 6.07) is 0. The monoisotopic (exact) mass is 272 g/mol. The molecule has 2 atom stereocenters. The van der Waals surface area contributed by atoms with Crippen LogP contribution in [0.2, 0.25) is 0 Å². The van der Waals surface area contributed by atoms with Gasteiger partial charge in [-0.1, -0.05) is 0 Å². The van der Waals surface area contributed by atoms with Gasteiger partial charge in [0.05, 0.1) is 24.6 Å². The quantitative estimate of drug-likeness (QED) is 0.804. The number of nitrogens with zero attached hydrogens (tertiary/aromatic N) is 3. The zero-order valence-corrected chi connectivity index (χ0v) is 11.1. The van der Waals surface area contributed by atoms with Crippen LogP contribution in [0.5, 0.6) is 0 Å². The number of hydrogen-bond donors (Lipinski definition) is 1. The van der Waals surface area contributed by atoms with Gasteiger partial charge < -0.3 is 10.5 Å². The summed E-state index contributed by atoms with van der Waals surface area (Å²) in [5.74, 6) is 0.0534. The number of morpholine rings is 1. The highest BCUT2D eigenvalue weighted by molar-refractivity contribution is 7.89. The molecule has 0 aliphatic carbocycles. The van der Waals surface area contributed by atoms with Crippen LogP contribution in [0.15, 0.2) is 17.3 Å². The normalized spacial score (nSPS) is 26.1. The third-order valence-electron chi connectivity index (χ3n) is 2.67. The number of ether oxygens (including phenoxy) is 1. The van der Waals surface area contributed by atoms with E-state index in [-0.39, 0.29) is 23.1 Å². The van der Waals surface area contributed by atoms with Gasteiger partial charge in [0, 0.05) is 13.1 Å². The molecule has 8 heteroatoms. The fraction of sp³-hybridized carbons (Fsp3) is 0.600. The molecule has 1 aromatic rings. The fourth-order valence-electron chi connectivity index (χ4n) is 1.94. The largest absolute Gasteiger partial charge is 0.373 e. The van der Waals surface area contributed by atoms with E-state index >= 15 is 0 Å². The van der Waals surface area contributed by atoms with Gasteiger partial charge in [-0.25, -0.2) is 18.4 Å². The fourth-order valence-corrected chi connectivity index (χ4v) is 3.42. The minimum atomic E-state index is -3.57. The summed E-state index contributed by atoms with van der Waals surface area (Å²) in [6.07, 6.45) is 2.20. The molecule has 0 unspecified atom stereocenters. The molecule has 2 N–H and O–H groups in total. The SMILES string of the molecule is C[C@@H]1CN(S(=O)(=O)c2cnc(N)nc2)C[C@H](C)O1. The first-order chi connectivity index (χ1) is 8.39. The molecule has 2 rings (SSSR count). The lowest BCUT2D eigenvalue weighted by Crippen LogP contribution is -2.48. The van der Waals surface area contributed by atoms with E-state index < -0.39 is 10.0 Å². The van der Waals surface area contributed by atoms with Crippen LogP contribution in [0.1, 0.15) is 13.8 Å². The van der Waals surface area contributed by atoms with Crippen LogP contribution in [0, 0.1) is 0 Å². The Morgan fingerprint density at radius 1 is 1.28 bits per heavy atom. The van der Waals surface area contributed by atoms with Crippen molar-refractivity contribution < 1.29 is 13.2 Å². The third-order valence-corrected chi connectivity index (χ3v) is 4.46. The topological polar surface area (TPSA) is 98.4 Å². The van der Waals surface area contributed by atoms with E-state index in [4.69, 9.17) is 10.5 Å². The van der Waals surface area contributed by atoms with Crippen molar-refractivity contribution in [1.29, 1.82) is 0 Å². The van der Waals surface area contributed by atoms with Crippen LogP contribution in [0.4, 0.5) is 5.95 Å². The molecule has 1 fully saturated rings. The molecule has 0 saturated carbocycles. The van der Waals surface area contributed by atoms with E-state index in [0.717, 1.165) is 0 Å². The van der Waals surface area contributed by atoms with E-state index in [9.17, 15) is 8.42 Å². The summed E-state index contributed by atoms with van der Waals surface area (Å²) in [5.41, 5.74) is 5.34. The third kappa shape index (κ3) is 2.60. The molecule has 1 aromatic heterocycles. The summed E-state index contributed by atoms with van der Waals surface area (Å²) in [5, 5.41) is 0. The Bertz CT molecular complexity index is 506. The molecule has 0 bridgehead atoms. The van der Waals surface area contributed by atoms with Crippen molar-refractivity contribution in [3.63, 3.8) is 0 Å².